The largest absolute Gasteiger partial charge is 0.456 e. The Kier molecular flexibility index (Phi) is 4.58. The molecule has 0 spiro atoms. The maximum Gasteiger partial charge on any atom is 0.201 e. The molecular weight excluding hydrogens is 316 g/mol. The average molecular weight is 332 g/mol. The summed E-state index contributed by atoms with van der Waals surface area (Å²) < 4.78 is 33.1. The van der Waals surface area contributed by atoms with Gasteiger partial charge in [0, 0.05) is 9.86 Å². The molecule has 0 saturated carbocycles. The molecule has 1 heterocycles. The summed E-state index contributed by atoms with van der Waals surface area (Å²) in [6.45, 7) is 4.87. The Hall–Kier alpha value is -0.940. The molecule has 0 bridgehead atoms. The first-order valence-corrected chi connectivity index (χ1v) is 7.18. The lowest BCUT2D eigenvalue weighted by Crippen LogP contribution is -2.20. The number of nitrogens with one attached hydrogen (secondary N) is 1. The molecule has 0 aliphatic carbocycles. The monoisotopic (exact) mass is 331 g/mol. The van der Waals surface area contributed by atoms with Crippen molar-refractivity contribution < 1.29 is 13.2 Å². The molecule has 0 amide bonds. The van der Waals surface area contributed by atoms with Crippen LogP contribution in [0.25, 0.3) is 11.0 Å². The second kappa shape index (κ2) is 6.01. The zero-order chi connectivity index (χ0) is 14.0. The minimum atomic E-state index is -0.934. The molecule has 104 valence electrons. The van der Waals surface area contributed by atoms with Gasteiger partial charge in [-0.3, -0.25) is 0 Å². The molecule has 5 heteroatoms. The molecule has 1 N–H and O–H groups in total. The van der Waals surface area contributed by atoms with E-state index >= 15 is 0 Å². The van der Waals surface area contributed by atoms with E-state index in [4.69, 9.17) is 4.42 Å². The summed E-state index contributed by atoms with van der Waals surface area (Å²) in [6, 6.07) is 2.92. The van der Waals surface area contributed by atoms with E-state index < -0.39 is 11.6 Å². The van der Waals surface area contributed by atoms with Gasteiger partial charge >= 0.3 is 0 Å². The highest BCUT2D eigenvalue weighted by Crippen LogP contribution is 2.34. The Balaban J connectivity index is 2.50. The first-order valence-electron chi connectivity index (χ1n) is 6.38. The summed E-state index contributed by atoms with van der Waals surface area (Å²) in [5.74, 6) is -1.20. The zero-order valence-electron chi connectivity index (χ0n) is 10.9. The predicted octanol–water partition coefficient (Wildman–Crippen LogP) is 4.92. The predicted molar refractivity (Wildman–Crippen MR) is 75.2 cm³/mol. The molecule has 0 aliphatic rings. The lowest BCUT2D eigenvalue weighted by atomic mass is 10.1. The third-order valence-electron chi connectivity index (χ3n) is 3.04. The fourth-order valence-electron chi connectivity index (χ4n) is 2.16. The van der Waals surface area contributed by atoms with Gasteiger partial charge < -0.3 is 9.73 Å². The topological polar surface area (TPSA) is 25.2 Å². The van der Waals surface area contributed by atoms with Gasteiger partial charge in [0.15, 0.2) is 11.4 Å². The molecule has 19 heavy (non-hydrogen) atoms. The van der Waals surface area contributed by atoms with Crippen LogP contribution >= 0.6 is 15.9 Å². The quantitative estimate of drug-likeness (QED) is 0.786. The highest BCUT2D eigenvalue weighted by atomic mass is 79.9. The van der Waals surface area contributed by atoms with E-state index in [1.165, 1.54) is 0 Å². The summed E-state index contributed by atoms with van der Waals surface area (Å²) in [4.78, 5) is 0. The van der Waals surface area contributed by atoms with Crippen LogP contribution in [0, 0.1) is 11.6 Å². The molecule has 0 fully saturated rings. The van der Waals surface area contributed by atoms with E-state index in [9.17, 15) is 8.78 Å². The van der Waals surface area contributed by atoms with Crippen LogP contribution in [0.2, 0.25) is 0 Å². The van der Waals surface area contributed by atoms with Gasteiger partial charge in [0.05, 0.1) is 6.04 Å². The molecular formula is C14H16BrF2NO. The molecule has 2 aromatic rings. The van der Waals surface area contributed by atoms with Gasteiger partial charge in [-0.2, -0.15) is 4.39 Å². The number of furan rings is 1. The average Bonchev–Trinajstić information content (AvgIpc) is 2.81. The maximum atomic E-state index is 13.7. The maximum absolute atomic E-state index is 13.7. The van der Waals surface area contributed by atoms with Crippen molar-refractivity contribution in [2.45, 2.75) is 32.7 Å². The van der Waals surface area contributed by atoms with Gasteiger partial charge in [-0.15, -0.1) is 0 Å². The van der Waals surface area contributed by atoms with E-state index in [1.807, 2.05) is 6.92 Å². The second-order valence-electron chi connectivity index (χ2n) is 4.44. The minimum Gasteiger partial charge on any atom is -0.456 e. The molecule has 0 saturated heterocycles. The van der Waals surface area contributed by atoms with Crippen molar-refractivity contribution in [1.82, 2.24) is 5.32 Å². The van der Waals surface area contributed by atoms with Gasteiger partial charge in [0.2, 0.25) is 5.82 Å². The number of halogens is 3. The van der Waals surface area contributed by atoms with Crippen LogP contribution in [0.3, 0.4) is 0 Å². The molecule has 1 aromatic carbocycles. The van der Waals surface area contributed by atoms with E-state index in [0.717, 1.165) is 25.5 Å². The Bertz CT molecular complexity index is 576. The Morgan fingerprint density at radius 1 is 1.32 bits per heavy atom. The van der Waals surface area contributed by atoms with Gasteiger partial charge in [0.25, 0.3) is 0 Å². The second-order valence-corrected chi connectivity index (χ2v) is 5.30. The van der Waals surface area contributed by atoms with Crippen LogP contribution in [-0.4, -0.2) is 6.54 Å². The normalized spacial score (nSPS) is 13.1. The summed E-state index contributed by atoms with van der Waals surface area (Å²) in [7, 11) is 0. The van der Waals surface area contributed by atoms with Crippen LogP contribution in [-0.2, 0) is 0 Å². The van der Waals surface area contributed by atoms with E-state index in [2.05, 4.69) is 28.2 Å². The van der Waals surface area contributed by atoms with Crippen LogP contribution in [0.1, 0.15) is 38.5 Å². The van der Waals surface area contributed by atoms with Crippen LogP contribution < -0.4 is 5.32 Å². The van der Waals surface area contributed by atoms with Crippen molar-refractivity contribution in [3.05, 3.63) is 34.0 Å². The van der Waals surface area contributed by atoms with E-state index in [0.29, 0.717) is 15.6 Å². The fraction of sp³-hybridized carbons (Fsp3) is 0.429. The van der Waals surface area contributed by atoms with Crippen molar-refractivity contribution in [2.75, 3.05) is 6.54 Å². The molecule has 0 aliphatic heterocycles. The Labute approximate surface area is 119 Å². The van der Waals surface area contributed by atoms with E-state index in [-0.39, 0.29) is 11.6 Å². The molecule has 1 unspecified atom stereocenters. The van der Waals surface area contributed by atoms with Crippen LogP contribution in [0.5, 0.6) is 0 Å². The highest BCUT2D eigenvalue weighted by molar-refractivity contribution is 9.10. The molecule has 1 aromatic heterocycles. The van der Waals surface area contributed by atoms with Crippen LogP contribution in [0.4, 0.5) is 8.78 Å². The smallest absolute Gasteiger partial charge is 0.201 e. The standard InChI is InChI=1S/C14H16BrF2NO/c1-3-5-11(18-4-2)12-6-8-9(15)7-10(16)13(17)14(8)19-12/h6-7,11,18H,3-5H2,1-2H3. The van der Waals surface area contributed by atoms with Crippen molar-refractivity contribution in [3.8, 4) is 0 Å². The van der Waals surface area contributed by atoms with E-state index in [1.54, 1.807) is 6.07 Å². The van der Waals surface area contributed by atoms with Crippen molar-refractivity contribution >= 4 is 26.9 Å². The van der Waals surface area contributed by atoms with Crippen molar-refractivity contribution in [1.29, 1.82) is 0 Å². The first-order chi connectivity index (χ1) is 9.08. The third-order valence-corrected chi connectivity index (χ3v) is 3.70. The number of hydrogen-bond donors (Lipinski definition) is 1. The molecule has 1 atom stereocenters. The summed E-state index contributed by atoms with van der Waals surface area (Å²) in [6.07, 6.45) is 1.86. The number of hydrogen-bond acceptors (Lipinski definition) is 2. The highest BCUT2D eigenvalue weighted by Gasteiger charge is 2.20. The molecule has 0 radical (unpaired) electrons. The Morgan fingerprint density at radius 3 is 2.68 bits per heavy atom. The van der Waals surface area contributed by atoms with Gasteiger partial charge in [0.1, 0.15) is 5.76 Å². The zero-order valence-corrected chi connectivity index (χ0v) is 12.5. The Morgan fingerprint density at radius 2 is 2.05 bits per heavy atom. The summed E-state index contributed by atoms with van der Waals surface area (Å²) >= 11 is 3.24. The van der Waals surface area contributed by atoms with Gasteiger partial charge in [-0.25, -0.2) is 4.39 Å². The van der Waals surface area contributed by atoms with Gasteiger partial charge in [-0.05, 0) is 41.0 Å². The number of fused-ring (bicyclic) bond motifs is 1. The fourth-order valence-corrected chi connectivity index (χ4v) is 2.66. The number of rotatable bonds is 5. The van der Waals surface area contributed by atoms with Gasteiger partial charge in [-0.1, -0.05) is 20.3 Å². The van der Waals surface area contributed by atoms with Crippen molar-refractivity contribution in [3.63, 3.8) is 0 Å². The summed E-state index contributed by atoms with van der Waals surface area (Å²) in [5, 5.41) is 3.85. The van der Waals surface area contributed by atoms with Crippen molar-refractivity contribution in [2.24, 2.45) is 0 Å². The first kappa shape index (κ1) is 14.5. The third kappa shape index (κ3) is 2.82. The SMILES string of the molecule is CCCC(NCC)c1cc2c(Br)cc(F)c(F)c2o1. The number of benzene rings is 1. The lowest BCUT2D eigenvalue weighted by Gasteiger charge is -2.13. The lowest BCUT2D eigenvalue weighted by molar-refractivity contribution is 0.405. The summed E-state index contributed by atoms with van der Waals surface area (Å²) in [5.41, 5.74) is -0.0270. The van der Waals surface area contributed by atoms with Crippen LogP contribution in [0.15, 0.2) is 21.0 Å². The molecule has 2 rings (SSSR count). The molecule has 2 nitrogen and oxygen atoms in total. The minimum absolute atomic E-state index is 0.0248.